The fourth-order valence-electron chi connectivity index (χ4n) is 4.52. The molecule has 1 aromatic heterocycles. The number of hydrogen-bond donors (Lipinski definition) is 2. The van der Waals surface area contributed by atoms with E-state index in [1.165, 1.54) is 48.5 Å². The van der Waals surface area contributed by atoms with E-state index >= 15 is 4.39 Å². The first-order chi connectivity index (χ1) is 21.4. The largest absolute Gasteiger partial charge is 0.487 e. The van der Waals surface area contributed by atoms with Crippen LogP contribution in [0.15, 0.2) is 85.5 Å². The zero-order chi connectivity index (χ0) is 32.6. The van der Waals surface area contributed by atoms with E-state index in [1.54, 1.807) is 0 Å². The minimum Gasteiger partial charge on any atom is -0.487 e. The van der Waals surface area contributed by atoms with Gasteiger partial charge in [-0.25, -0.2) is 27.2 Å². The lowest BCUT2D eigenvalue weighted by Crippen LogP contribution is -2.56. The number of carbonyl (C=O) groups is 1. The summed E-state index contributed by atoms with van der Waals surface area (Å²) in [4.78, 5) is 17.5. The van der Waals surface area contributed by atoms with Crippen LogP contribution in [-0.2, 0) is 23.5 Å². The molecule has 0 aliphatic rings. The van der Waals surface area contributed by atoms with Gasteiger partial charge >= 0.3 is 12.3 Å². The fraction of sp³-hybridized carbons (Fsp3) is 0.323. The summed E-state index contributed by atoms with van der Waals surface area (Å²) in [6, 6.07) is 14.4. The second kappa shape index (κ2) is 14.7. The summed E-state index contributed by atoms with van der Waals surface area (Å²) in [7, 11) is 0. The summed E-state index contributed by atoms with van der Waals surface area (Å²) in [5, 5.41) is 18.9. The third-order valence-corrected chi connectivity index (χ3v) is 7.04. The lowest BCUT2D eigenvalue weighted by molar-refractivity contribution is -0.148. The van der Waals surface area contributed by atoms with E-state index in [9.17, 15) is 31.9 Å². The van der Waals surface area contributed by atoms with Gasteiger partial charge in [-0.15, -0.1) is 0 Å². The Hall–Kier alpha value is -4.27. The molecule has 4 aromatic rings. The minimum absolute atomic E-state index is 0.0729. The van der Waals surface area contributed by atoms with Crippen LogP contribution in [-0.4, -0.2) is 63.3 Å². The minimum atomic E-state index is -4.36. The van der Waals surface area contributed by atoms with Crippen molar-refractivity contribution in [3.05, 3.63) is 114 Å². The standard InChI is InChI=1S/C31H30F6N4O4/c1-20(30(43,16-41-19-38-18-39-41)25-12-9-23(32)13-26(25)33)40-27(15-44-14-21-5-3-2-4-6-21)28(42)22-7-10-24(11-8-22)45-17-31(36,37)29(34)35/h2-13,18-20,27,29,40,43H,14-17H2,1H3/t20-,27-,30-/m1/s1. The maximum Gasteiger partial charge on any atom is 0.340 e. The fourth-order valence-corrected chi connectivity index (χ4v) is 4.52. The number of ether oxygens (including phenoxy) is 2. The predicted molar refractivity (Wildman–Crippen MR) is 150 cm³/mol. The lowest BCUT2D eigenvalue weighted by Gasteiger charge is -2.37. The van der Waals surface area contributed by atoms with E-state index < -0.39 is 54.1 Å². The van der Waals surface area contributed by atoms with E-state index in [0.717, 1.165) is 17.7 Å². The molecule has 0 fully saturated rings. The predicted octanol–water partition coefficient (Wildman–Crippen LogP) is 5.17. The van der Waals surface area contributed by atoms with Crippen LogP contribution < -0.4 is 10.1 Å². The number of carbonyl (C=O) groups excluding carboxylic acids is 1. The van der Waals surface area contributed by atoms with Gasteiger partial charge in [-0.3, -0.25) is 10.1 Å². The molecule has 0 saturated heterocycles. The second-order valence-corrected chi connectivity index (χ2v) is 10.3. The highest BCUT2D eigenvalue weighted by molar-refractivity contribution is 6.00. The topological polar surface area (TPSA) is 98.5 Å². The van der Waals surface area contributed by atoms with Crippen molar-refractivity contribution in [2.24, 2.45) is 0 Å². The molecule has 0 amide bonds. The van der Waals surface area contributed by atoms with Crippen molar-refractivity contribution >= 4 is 5.78 Å². The van der Waals surface area contributed by atoms with Crippen LogP contribution in [0.2, 0.25) is 0 Å². The molecule has 14 heteroatoms. The highest BCUT2D eigenvalue weighted by atomic mass is 19.3. The van der Waals surface area contributed by atoms with Gasteiger partial charge in [-0.1, -0.05) is 36.4 Å². The second-order valence-electron chi connectivity index (χ2n) is 10.3. The van der Waals surface area contributed by atoms with Crippen LogP contribution in [0.5, 0.6) is 5.75 Å². The Balaban J connectivity index is 1.58. The molecule has 4 rings (SSSR count). The third-order valence-electron chi connectivity index (χ3n) is 7.04. The molecule has 2 N–H and O–H groups in total. The average Bonchev–Trinajstić information content (AvgIpc) is 3.52. The van der Waals surface area contributed by atoms with Crippen molar-refractivity contribution in [3.8, 4) is 5.75 Å². The summed E-state index contributed by atoms with van der Waals surface area (Å²) in [5.41, 5.74) is -1.46. The van der Waals surface area contributed by atoms with Crippen molar-refractivity contribution in [1.29, 1.82) is 0 Å². The SMILES string of the molecule is C[C@@H](N[C@H](COCc1ccccc1)C(=O)c1ccc(OCC(F)(F)C(F)F)cc1)[C@](O)(Cn1cncn1)c1ccc(F)cc1F. The maximum atomic E-state index is 15.0. The van der Waals surface area contributed by atoms with Crippen molar-refractivity contribution in [2.75, 3.05) is 13.2 Å². The Labute approximate surface area is 254 Å². The van der Waals surface area contributed by atoms with Gasteiger partial charge < -0.3 is 14.6 Å². The zero-order valence-corrected chi connectivity index (χ0v) is 23.9. The Morgan fingerprint density at radius 1 is 1.04 bits per heavy atom. The van der Waals surface area contributed by atoms with Gasteiger partial charge in [-0.2, -0.15) is 13.9 Å². The smallest absolute Gasteiger partial charge is 0.340 e. The molecule has 0 saturated carbocycles. The molecule has 0 aliphatic carbocycles. The summed E-state index contributed by atoms with van der Waals surface area (Å²) in [6.45, 7) is -0.483. The number of rotatable bonds is 16. The molecule has 1 heterocycles. The van der Waals surface area contributed by atoms with Crippen molar-refractivity contribution < 1.29 is 45.7 Å². The van der Waals surface area contributed by atoms with Crippen LogP contribution in [0.25, 0.3) is 0 Å². The molecule has 0 aliphatic heterocycles. The Morgan fingerprint density at radius 2 is 1.76 bits per heavy atom. The molecule has 8 nitrogen and oxygen atoms in total. The van der Waals surface area contributed by atoms with Crippen LogP contribution >= 0.6 is 0 Å². The van der Waals surface area contributed by atoms with Gasteiger partial charge in [0, 0.05) is 23.2 Å². The van der Waals surface area contributed by atoms with Crippen LogP contribution in [0.4, 0.5) is 26.3 Å². The van der Waals surface area contributed by atoms with E-state index in [-0.39, 0.29) is 36.6 Å². The van der Waals surface area contributed by atoms with Crippen molar-refractivity contribution in [1.82, 2.24) is 20.1 Å². The summed E-state index contributed by atoms with van der Waals surface area (Å²) in [5.74, 6) is -6.96. The van der Waals surface area contributed by atoms with Gasteiger partial charge in [0.25, 0.3) is 0 Å². The van der Waals surface area contributed by atoms with Gasteiger partial charge in [0.1, 0.15) is 35.6 Å². The van der Waals surface area contributed by atoms with Crippen LogP contribution in [0.1, 0.15) is 28.4 Å². The van der Waals surface area contributed by atoms with Crippen molar-refractivity contribution in [2.45, 2.75) is 50.1 Å². The zero-order valence-electron chi connectivity index (χ0n) is 23.9. The Bertz CT molecular complexity index is 1530. The van der Waals surface area contributed by atoms with Crippen LogP contribution in [0.3, 0.4) is 0 Å². The maximum absolute atomic E-state index is 15.0. The molecule has 3 aromatic carbocycles. The molecule has 0 radical (unpaired) electrons. The molecular weight excluding hydrogens is 606 g/mol. The van der Waals surface area contributed by atoms with E-state index in [1.807, 2.05) is 30.3 Å². The lowest BCUT2D eigenvalue weighted by atomic mass is 9.85. The molecule has 0 bridgehead atoms. The monoisotopic (exact) mass is 636 g/mol. The first-order valence-electron chi connectivity index (χ1n) is 13.7. The molecule has 0 spiro atoms. The molecule has 0 unspecified atom stereocenters. The third kappa shape index (κ3) is 8.68. The molecule has 240 valence electrons. The van der Waals surface area contributed by atoms with Gasteiger partial charge in [0.2, 0.25) is 0 Å². The Kier molecular flexibility index (Phi) is 11.0. The van der Waals surface area contributed by atoms with E-state index in [2.05, 4.69) is 15.4 Å². The van der Waals surface area contributed by atoms with E-state index in [4.69, 9.17) is 9.47 Å². The number of alkyl halides is 4. The molecule has 3 atom stereocenters. The van der Waals surface area contributed by atoms with E-state index in [0.29, 0.717) is 6.07 Å². The first-order valence-corrected chi connectivity index (χ1v) is 13.7. The molecule has 45 heavy (non-hydrogen) atoms. The number of ketones is 1. The highest BCUT2D eigenvalue weighted by Gasteiger charge is 2.42. The number of aromatic nitrogens is 3. The van der Waals surface area contributed by atoms with Gasteiger partial charge in [0.05, 0.1) is 25.8 Å². The first kappa shape index (κ1) is 33.6. The quantitative estimate of drug-likeness (QED) is 0.129. The van der Waals surface area contributed by atoms with Gasteiger partial charge in [-0.05, 0) is 42.8 Å². The number of hydrogen-bond acceptors (Lipinski definition) is 7. The summed E-state index contributed by atoms with van der Waals surface area (Å²) in [6.07, 6.45) is -1.40. The normalized spacial score (nSPS) is 14.6. The number of aliphatic hydroxyl groups is 1. The summed E-state index contributed by atoms with van der Waals surface area (Å²) >= 11 is 0. The van der Waals surface area contributed by atoms with Crippen molar-refractivity contribution in [3.63, 3.8) is 0 Å². The number of Topliss-reactive ketones (excluding diaryl/α,β-unsaturated/α-hetero) is 1. The number of halogens is 6. The Morgan fingerprint density at radius 3 is 2.38 bits per heavy atom. The van der Waals surface area contributed by atoms with Crippen LogP contribution in [0, 0.1) is 11.6 Å². The number of nitrogens with one attached hydrogen (secondary N) is 1. The number of nitrogens with zero attached hydrogens (tertiary/aromatic N) is 3. The highest BCUT2D eigenvalue weighted by Crippen LogP contribution is 2.31. The average molecular weight is 637 g/mol. The summed E-state index contributed by atoms with van der Waals surface area (Å²) < 4.78 is 92.1. The molecular formula is C31H30F6N4O4. The van der Waals surface area contributed by atoms with Gasteiger partial charge in [0.15, 0.2) is 12.4 Å². The number of benzene rings is 3.